The van der Waals surface area contributed by atoms with Crippen molar-refractivity contribution in [3.8, 4) is 5.82 Å². The van der Waals surface area contributed by atoms with Crippen molar-refractivity contribution in [2.24, 2.45) is 0 Å². The first kappa shape index (κ1) is 8.55. The van der Waals surface area contributed by atoms with E-state index in [9.17, 15) is 4.79 Å². The first-order valence-corrected chi connectivity index (χ1v) is 4.18. The highest BCUT2D eigenvalue weighted by atomic mass is 16.1. The summed E-state index contributed by atoms with van der Waals surface area (Å²) in [4.78, 5) is 15.5. The number of nitrogens with two attached hydrogens (primary N) is 1. The summed E-state index contributed by atoms with van der Waals surface area (Å²) in [6.45, 7) is 1.80. The number of hydrogen-bond acceptors (Lipinski definition) is 3. The second kappa shape index (κ2) is 3.02. The summed E-state index contributed by atoms with van der Waals surface area (Å²) >= 11 is 0. The van der Waals surface area contributed by atoms with Gasteiger partial charge >= 0.3 is 0 Å². The van der Waals surface area contributed by atoms with Gasteiger partial charge in [0, 0.05) is 18.0 Å². The molecule has 3 N–H and O–H groups in total. The monoisotopic (exact) mass is 190 g/mol. The van der Waals surface area contributed by atoms with E-state index in [4.69, 9.17) is 5.73 Å². The van der Waals surface area contributed by atoms with Crippen molar-refractivity contribution in [3.63, 3.8) is 0 Å². The van der Waals surface area contributed by atoms with Gasteiger partial charge < -0.3 is 5.73 Å². The molecule has 5 nitrogen and oxygen atoms in total. The SMILES string of the molecule is Cc1cc(=O)n(-c2ncccc2N)[nH]1. The molecule has 0 amide bonds. The number of nitrogen functional groups attached to an aromatic ring is 1. The summed E-state index contributed by atoms with van der Waals surface area (Å²) in [7, 11) is 0. The third-order valence-corrected chi connectivity index (χ3v) is 1.88. The summed E-state index contributed by atoms with van der Waals surface area (Å²) < 4.78 is 1.32. The van der Waals surface area contributed by atoms with Crippen molar-refractivity contribution in [1.29, 1.82) is 0 Å². The molecule has 0 aliphatic heterocycles. The van der Waals surface area contributed by atoms with Crippen LogP contribution < -0.4 is 11.3 Å². The van der Waals surface area contributed by atoms with Gasteiger partial charge in [0.1, 0.15) is 0 Å². The van der Waals surface area contributed by atoms with Gasteiger partial charge in [-0.15, -0.1) is 0 Å². The zero-order valence-electron chi connectivity index (χ0n) is 7.69. The van der Waals surface area contributed by atoms with Gasteiger partial charge in [-0.05, 0) is 19.1 Å². The van der Waals surface area contributed by atoms with E-state index >= 15 is 0 Å². The van der Waals surface area contributed by atoms with Crippen molar-refractivity contribution < 1.29 is 0 Å². The number of aromatic amines is 1. The number of hydrogen-bond donors (Lipinski definition) is 2. The van der Waals surface area contributed by atoms with Crippen LogP contribution in [0, 0.1) is 6.92 Å². The fourth-order valence-electron chi connectivity index (χ4n) is 1.27. The van der Waals surface area contributed by atoms with E-state index in [1.54, 1.807) is 25.3 Å². The Bertz CT molecular complexity index is 512. The largest absolute Gasteiger partial charge is 0.396 e. The van der Waals surface area contributed by atoms with E-state index in [2.05, 4.69) is 10.1 Å². The number of anilines is 1. The molecule has 0 spiro atoms. The fraction of sp³-hybridized carbons (Fsp3) is 0.111. The topological polar surface area (TPSA) is 76.7 Å². The first-order chi connectivity index (χ1) is 6.68. The van der Waals surface area contributed by atoms with Gasteiger partial charge in [0.25, 0.3) is 5.56 Å². The Kier molecular flexibility index (Phi) is 1.85. The molecule has 2 rings (SSSR count). The van der Waals surface area contributed by atoms with E-state index in [-0.39, 0.29) is 5.56 Å². The lowest BCUT2D eigenvalue weighted by Gasteiger charge is -2.02. The van der Waals surface area contributed by atoms with Crippen LogP contribution in [0.1, 0.15) is 5.69 Å². The average Bonchev–Trinajstić information content (AvgIpc) is 2.46. The Morgan fingerprint density at radius 3 is 2.93 bits per heavy atom. The predicted molar refractivity (Wildman–Crippen MR) is 53.3 cm³/mol. The van der Waals surface area contributed by atoms with Gasteiger partial charge in [0.2, 0.25) is 0 Å². The molecule has 0 radical (unpaired) electrons. The molecule has 2 heterocycles. The highest BCUT2D eigenvalue weighted by molar-refractivity contribution is 5.51. The zero-order chi connectivity index (χ0) is 10.1. The standard InChI is InChI=1S/C9H10N4O/c1-6-5-8(14)13(12-6)9-7(10)3-2-4-11-9/h2-5,12H,10H2,1H3. The maximum atomic E-state index is 11.4. The predicted octanol–water partition coefficient (Wildman–Crippen LogP) is 0.451. The van der Waals surface area contributed by atoms with Gasteiger partial charge in [-0.2, -0.15) is 4.68 Å². The van der Waals surface area contributed by atoms with Crippen LogP contribution >= 0.6 is 0 Å². The third-order valence-electron chi connectivity index (χ3n) is 1.88. The van der Waals surface area contributed by atoms with Gasteiger partial charge in [0.15, 0.2) is 5.82 Å². The first-order valence-electron chi connectivity index (χ1n) is 4.18. The van der Waals surface area contributed by atoms with Crippen molar-refractivity contribution in [2.75, 3.05) is 5.73 Å². The number of H-pyrrole nitrogens is 1. The van der Waals surface area contributed by atoms with Gasteiger partial charge in [-0.1, -0.05) is 0 Å². The van der Waals surface area contributed by atoms with E-state index in [1.165, 1.54) is 10.7 Å². The van der Waals surface area contributed by atoms with Gasteiger partial charge in [0.05, 0.1) is 5.69 Å². The molecule has 0 aliphatic carbocycles. The lowest BCUT2D eigenvalue weighted by atomic mass is 10.4. The van der Waals surface area contributed by atoms with Crippen LogP contribution in [0.25, 0.3) is 5.82 Å². The van der Waals surface area contributed by atoms with Crippen molar-refractivity contribution >= 4 is 5.69 Å². The Balaban J connectivity index is 2.66. The van der Waals surface area contributed by atoms with E-state index in [1.807, 2.05) is 0 Å². The normalized spacial score (nSPS) is 10.4. The van der Waals surface area contributed by atoms with E-state index in [0.717, 1.165) is 5.69 Å². The summed E-state index contributed by atoms with van der Waals surface area (Å²) in [5.41, 5.74) is 6.78. The lowest BCUT2D eigenvalue weighted by molar-refractivity contribution is 0.810. The summed E-state index contributed by atoms with van der Waals surface area (Å²) in [5, 5.41) is 2.86. The third kappa shape index (κ3) is 1.28. The molecule has 72 valence electrons. The maximum Gasteiger partial charge on any atom is 0.272 e. The van der Waals surface area contributed by atoms with E-state index in [0.29, 0.717) is 11.5 Å². The molecule has 0 saturated carbocycles. The molecule has 5 heteroatoms. The number of rotatable bonds is 1. The summed E-state index contributed by atoms with van der Waals surface area (Å²) in [6.07, 6.45) is 1.59. The Morgan fingerprint density at radius 1 is 1.57 bits per heavy atom. The molecule has 0 fully saturated rings. The van der Waals surface area contributed by atoms with Gasteiger partial charge in [-0.3, -0.25) is 9.89 Å². The molecular formula is C9H10N4O. The van der Waals surface area contributed by atoms with Crippen LogP contribution in [0.15, 0.2) is 29.2 Å². The highest BCUT2D eigenvalue weighted by Crippen LogP contribution is 2.09. The Labute approximate surface area is 80.2 Å². The summed E-state index contributed by atoms with van der Waals surface area (Å²) in [5.74, 6) is 0.436. The number of nitrogens with one attached hydrogen (secondary N) is 1. The maximum absolute atomic E-state index is 11.4. The molecule has 2 aromatic heterocycles. The molecule has 14 heavy (non-hydrogen) atoms. The molecule has 0 bridgehead atoms. The van der Waals surface area contributed by atoms with Crippen LogP contribution in [0.5, 0.6) is 0 Å². The molecule has 0 aliphatic rings. The molecule has 0 atom stereocenters. The second-order valence-corrected chi connectivity index (χ2v) is 3.03. The molecule has 0 unspecified atom stereocenters. The second-order valence-electron chi connectivity index (χ2n) is 3.03. The van der Waals surface area contributed by atoms with Crippen LogP contribution in [0.3, 0.4) is 0 Å². The van der Waals surface area contributed by atoms with Crippen molar-refractivity contribution in [3.05, 3.63) is 40.4 Å². The Hall–Kier alpha value is -2.04. The van der Waals surface area contributed by atoms with Crippen LogP contribution in [0.2, 0.25) is 0 Å². The number of aromatic nitrogens is 3. The van der Waals surface area contributed by atoms with Crippen molar-refractivity contribution in [2.45, 2.75) is 6.92 Å². The molecule has 0 aromatic carbocycles. The highest BCUT2D eigenvalue weighted by Gasteiger charge is 2.06. The summed E-state index contributed by atoms with van der Waals surface area (Å²) in [6, 6.07) is 4.92. The minimum Gasteiger partial charge on any atom is -0.396 e. The molecular weight excluding hydrogens is 180 g/mol. The minimum atomic E-state index is -0.159. The molecule has 0 saturated heterocycles. The molecule has 2 aromatic rings. The van der Waals surface area contributed by atoms with Crippen LogP contribution in [-0.4, -0.2) is 14.8 Å². The quantitative estimate of drug-likeness (QED) is 0.685. The zero-order valence-corrected chi connectivity index (χ0v) is 7.69. The number of nitrogens with zero attached hydrogens (tertiary/aromatic N) is 2. The van der Waals surface area contributed by atoms with Crippen LogP contribution in [-0.2, 0) is 0 Å². The fourth-order valence-corrected chi connectivity index (χ4v) is 1.27. The number of pyridine rings is 1. The van der Waals surface area contributed by atoms with E-state index < -0.39 is 0 Å². The average molecular weight is 190 g/mol. The minimum absolute atomic E-state index is 0.159. The van der Waals surface area contributed by atoms with Gasteiger partial charge in [-0.25, -0.2) is 4.98 Å². The smallest absolute Gasteiger partial charge is 0.272 e. The lowest BCUT2D eigenvalue weighted by Crippen LogP contribution is -2.16. The Morgan fingerprint density at radius 2 is 2.36 bits per heavy atom. The van der Waals surface area contributed by atoms with Crippen LogP contribution in [0.4, 0.5) is 5.69 Å². The number of aryl methyl sites for hydroxylation is 1. The van der Waals surface area contributed by atoms with Crippen molar-refractivity contribution in [1.82, 2.24) is 14.8 Å².